The van der Waals surface area contributed by atoms with Gasteiger partial charge in [-0.05, 0) is 76.1 Å². The van der Waals surface area contributed by atoms with Gasteiger partial charge in [-0.3, -0.25) is 0 Å². The van der Waals surface area contributed by atoms with E-state index in [4.69, 9.17) is 14.7 Å². The lowest BCUT2D eigenvalue weighted by molar-refractivity contribution is 0.186. The minimum Gasteiger partial charge on any atom is -0.462 e. The molecule has 3 heterocycles. The molecular weight excluding hydrogens is 536 g/mol. The maximum atomic E-state index is 12.7. The summed E-state index contributed by atoms with van der Waals surface area (Å²) in [6.07, 6.45) is 8.57. The minimum absolute atomic E-state index is 0.0660. The van der Waals surface area contributed by atoms with Gasteiger partial charge in [-0.2, -0.15) is 19.5 Å². The Kier molecular flexibility index (Phi) is 7.79. The van der Waals surface area contributed by atoms with Crippen LogP contribution in [0, 0.1) is 11.3 Å². The van der Waals surface area contributed by atoms with Gasteiger partial charge in [0.15, 0.2) is 0 Å². The summed E-state index contributed by atoms with van der Waals surface area (Å²) in [6, 6.07) is 11.3. The zero-order chi connectivity index (χ0) is 28.6. The summed E-state index contributed by atoms with van der Waals surface area (Å²) in [5.74, 6) is 0.835. The summed E-state index contributed by atoms with van der Waals surface area (Å²) in [5.41, 5.74) is 5.17. The molecule has 2 unspecified atom stereocenters. The number of aryl methyl sites for hydroxylation is 1. The first-order valence-corrected chi connectivity index (χ1v) is 16.4. The molecule has 4 aliphatic rings. The summed E-state index contributed by atoms with van der Waals surface area (Å²) in [5, 5.41) is 10.5. The third-order valence-electron chi connectivity index (χ3n) is 9.77. The quantitative estimate of drug-likeness (QED) is 0.493. The SMILES string of the molecule is C=CS(=O)(=O)N1CCN(c2nc(OCC3CCCN3C)nc3c2CCC2(CCCc4ccccc42)C3)C[C@@H]1CC#N. The van der Waals surface area contributed by atoms with Crippen molar-refractivity contribution in [3.63, 3.8) is 0 Å². The molecule has 2 saturated heterocycles. The summed E-state index contributed by atoms with van der Waals surface area (Å²) in [4.78, 5) is 14.5. The highest BCUT2D eigenvalue weighted by Gasteiger charge is 2.42. The Hall–Kier alpha value is -3.00. The van der Waals surface area contributed by atoms with Crippen LogP contribution in [0.1, 0.15) is 60.9 Å². The third kappa shape index (κ3) is 5.36. The Morgan fingerprint density at radius 1 is 1.15 bits per heavy atom. The highest BCUT2D eigenvalue weighted by molar-refractivity contribution is 7.92. The molecule has 0 N–H and O–H groups in total. The van der Waals surface area contributed by atoms with Gasteiger partial charge in [0, 0.05) is 42.1 Å². The Balaban J connectivity index is 1.35. The van der Waals surface area contributed by atoms with Crippen molar-refractivity contribution in [3.8, 4) is 12.1 Å². The molecule has 0 amide bonds. The number of hydrogen-bond acceptors (Lipinski definition) is 8. The monoisotopic (exact) mass is 576 g/mol. The van der Waals surface area contributed by atoms with E-state index in [0.29, 0.717) is 31.7 Å². The molecule has 218 valence electrons. The molecule has 3 atom stereocenters. The Bertz CT molecular complexity index is 1460. The van der Waals surface area contributed by atoms with Gasteiger partial charge in [0.25, 0.3) is 0 Å². The normalized spacial score (nSPS) is 26.8. The molecule has 41 heavy (non-hydrogen) atoms. The van der Waals surface area contributed by atoms with Gasteiger partial charge in [-0.25, -0.2) is 8.42 Å². The largest absolute Gasteiger partial charge is 0.462 e. The van der Waals surface area contributed by atoms with Crippen LogP contribution < -0.4 is 9.64 Å². The number of anilines is 1. The third-order valence-corrected chi connectivity index (χ3v) is 11.3. The number of rotatable bonds is 7. The number of aromatic nitrogens is 2. The average molecular weight is 577 g/mol. The van der Waals surface area contributed by atoms with Crippen molar-refractivity contribution in [3.05, 3.63) is 58.6 Å². The van der Waals surface area contributed by atoms with E-state index >= 15 is 0 Å². The molecule has 1 spiro atoms. The summed E-state index contributed by atoms with van der Waals surface area (Å²) in [6.45, 7) is 6.27. The number of piperazine rings is 1. The zero-order valence-corrected chi connectivity index (χ0v) is 24.8. The van der Waals surface area contributed by atoms with Gasteiger partial charge >= 0.3 is 6.01 Å². The van der Waals surface area contributed by atoms with E-state index in [9.17, 15) is 13.7 Å². The van der Waals surface area contributed by atoms with Gasteiger partial charge in [0.05, 0.1) is 24.2 Å². The molecule has 2 aliphatic carbocycles. The lowest BCUT2D eigenvalue weighted by Crippen LogP contribution is -2.55. The molecule has 0 saturated carbocycles. The first kappa shape index (κ1) is 28.1. The van der Waals surface area contributed by atoms with Crippen molar-refractivity contribution in [2.24, 2.45) is 0 Å². The second-order valence-corrected chi connectivity index (χ2v) is 13.9. The predicted molar refractivity (Wildman–Crippen MR) is 158 cm³/mol. The number of likely N-dealkylation sites (tertiary alicyclic amines) is 1. The maximum Gasteiger partial charge on any atom is 0.318 e. The Morgan fingerprint density at radius 3 is 2.78 bits per heavy atom. The fourth-order valence-electron chi connectivity index (χ4n) is 7.54. The number of nitriles is 1. The van der Waals surface area contributed by atoms with E-state index in [1.165, 1.54) is 28.3 Å². The van der Waals surface area contributed by atoms with Crippen LogP contribution in [-0.4, -0.2) is 79.5 Å². The maximum absolute atomic E-state index is 12.7. The summed E-state index contributed by atoms with van der Waals surface area (Å²) < 4.78 is 33.1. The number of ether oxygens (including phenoxy) is 1. The van der Waals surface area contributed by atoms with Crippen LogP contribution in [0.5, 0.6) is 6.01 Å². The number of sulfonamides is 1. The van der Waals surface area contributed by atoms with E-state index in [1.807, 2.05) is 0 Å². The Morgan fingerprint density at radius 2 is 2.00 bits per heavy atom. The molecule has 9 nitrogen and oxygen atoms in total. The van der Waals surface area contributed by atoms with Gasteiger partial charge < -0.3 is 14.5 Å². The van der Waals surface area contributed by atoms with Crippen molar-refractivity contribution in [2.75, 3.05) is 44.7 Å². The summed E-state index contributed by atoms with van der Waals surface area (Å²) >= 11 is 0. The zero-order valence-electron chi connectivity index (χ0n) is 24.0. The van der Waals surface area contributed by atoms with Crippen LogP contribution in [0.15, 0.2) is 36.3 Å². The smallest absolute Gasteiger partial charge is 0.318 e. The van der Waals surface area contributed by atoms with E-state index in [2.05, 4.69) is 53.8 Å². The van der Waals surface area contributed by atoms with Crippen molar-refractivity contribution in [1.29, 1.82) is 5.26 Å². The van der Waals surface area contributed by atoms with Gasteiger partial charge in [-0.15, -0.1) is 0 Å². The predicted octanol–water partition coefficient (Wildman–Crippen LogP) is 3.59. The second-order valence-electron chi connectivity index (χ2n) is 12.1. The number of hydrogen-bond donors (Lipinski definition) is 0. The molecule has 2 fully saturated rings. The van der Waals surface area contributed by atoms with Crippen molar-refractivity contribution < 1.29 is 13.2 Å². The Labute approximate surface area is 243 Å². The molecule has 1 aromatic carbocycles. The van der Waals surface area contributed by atoms with E-state index < -0.39 is 16.1 Å². The lowest BCUT2D eigenvalue weighted by Gasteiger charge is -2.44. The van der Waals surface area contributed by atoms with Gasteiger partial charge in [-0.1, -0.05) is 30.8 Å². The number of benzene rings is 1. The van der Waals surface area contributed by atoms with Crippen LogP contribution in [0.3, 0.4) is 0 Å². The molecule has 2 aromatic rings. The van der Waals surface area contributed by atoms with Crippen LogP contribution in [0.4, 0.5) is 5.82 Å². The van der Waals surface area contributed by atoms with Crippen molar-refractivity contribution in [2.45, 2.75) is 75.3 Å². The first-order chi connectivity index (χ1) is 19.8. The molecule has 2 aliphatic heterocycles. The average Bonchev–Trinajstić information content (AvgIpc) is 3.40. The van der Waals surface area contributed by atoms with Crippen LogP contribution >= 0.6 is 0 Å². The molecule has 6 rings (SSSR count). The highest BCUT2D eigenvalue weighted by atomic mass is 32.2. The van der Waals surface area contributed by atoms with Crippen molar-refractivity contribution >= 4 is 15.8 Å². The topological polar surface area (TPSA) is 103 Å². The lowest BCUT2D eigenvalue weighted by atomic mass is 9.62. The number of likely N-dealkylation sites (N-methyl/N-ethyl adjacent to an activating group) is 1. The fourth-order valence-corrected chi connectivity index (χ4v) is 8.63. The molecule has 0 radical (unpaired) electrons. The molecular formula is C31H40N6O3S. The van der Waals surface area contributed by atoms with E-state index in [1.54, 1.807) is 0 Å². The minimum atomic E-state index is -3.64. The van der Waals surface area contributed by atoms with Crippen LogP contribution in [0.25, 0.3) is 0 Å². The van der Waals surface area contributed by atoms with E-state index in [-0.39, 0.29) is 18.4 Å². The summed E-state index contributed by atoms with van der Waals surface area (Å²) in [7, 11) is -1.50. The van der Waals surface area contributed by atoms with Gasteiger partial charge in [0.1, 0.15) is 12.4 Å². The van der Waals surface area contributed by atoms with E-state index in [0.717, 1.165) is 67.6 Å². The van der Waals surface area contributed by atoms with Gasteiger partial charge in [0.2, 0.25) is 10.0 Å². The second kappa shape index (κ2) is 11.3. The van der Waals surface area contributed by atoms with Crippen LogP contribution in [0.2, 0.25) is 0 Å². The molecule has 0 bridgehead atoms. The first-order valence-electron chi connectivity index (χ1n) is 14.9. The fraction of sp³-hybridized carbons (Fsp3) is 0.581. The van der Waals surface area contributed by atoms with Crippen LogP contribution in [-0.2, 0) is 34.7 Å². The number of fused-ring (bicyclic) bond motifs is 3. The number of nitrogens with zero attached hydrogens (tertiary/aromatic N) is 6. The molecule has 1 aromatic heterocycles. The molecule has 10 heteroatoms. The highest BCUT2D eigenvalue weighted by Crippen LogP contribution is 2.47. The van der Waals surface area contributed by atoms with Crippen molar-refractivity contribution in [1.82, 2.24) is 19.2 Å². The standard InChI is InChI=1S/C31H40N6O3S/c1-3-41(38,39)37-19-18-36(21-24(37)13-16-32)29-26-12-15-31(14-6-9-23-8-4-5-11-27(23)31)20-28(26)33-30(34-29)40-22-25-10-7-17-35(25)2/h3-5,8,11,24-25H,1,6-7,9-10,12-15,17-22H2,2H3/t24-,25?,31?/m0/s1.